The molecule has 1 aliphatic heterocycles. The van der Waals surface area contributed by atoms with Crippen molar-refractivity contribution in [1.82, 2.24) is 0 Å². The summed E-state index contributed by atoms with van der Waals surface area (Å²) in [6, 6.07) is 13.3. The summed E-state index contributed by atoms with van der Waals surface area (Å²) >= 11 is 0. The van der Waals surface area contributed by atoms with Crippen LogP contribution in [0.25, 0.3) is 10.8 Å². The third kappa shape index (κ3) is 2.61. The molecule has 5 nitrogen and oxygen atoms in total. The molecule has 3 rings (SSSR count). The molecule has 1 fully saturated rings. The summed E-state index contributed by atoms with van der Waals surface area (Å²) in [7, 11) is 0. The number of aliphatic hydroxyl groups excluding tert-OH is 3. The van der Waals surface area contributed by atoms with Gasteiger partial charge in [-0.15, -0.1) is 0 Å². The van der Waals surface area contributed by atoms with Crippen LogP contribution in [0.1, 0.15) is 6.92 Å². The lowest BCUT2D eigenvalue weighted by atomic mass is 10.00. The molecule has 1 aliphatic rings. The summed E-state index contributed by atoms with van der Waals surface area (Å²) in [6.07, 6.45) is -5.39. The molecule has 0 amide bonds. The van der Waals surface area contributed by atoms with Gasteiger partial charge in [-0.05, 0) is 18.4 Å². The van der Waals surface area contributed by atoms with E-state index in [1.54, 1.807) is 13.0 Å². The molecule has 2 aromatic rings. The van der Waals surface area contributed by atoms with E-state index in [-0.39, 0.29) is 0 Å². The predicted molar refractivity (Wildman–Crippen MR) is 76.9 cm³/mol. The van der Waals surface area contributed by atoms with E-state index in [2.05, 4.69) is 0 Å². The molecule has 0 aromatic heterocycles. The molecule has 112 valence electrons. The first kappa shape index (κ1) is 14.3. The Morgan fingerprint density at radius 3 is 2.43 bits per heavy atom. The molecular formula is C16H18O5. The number of rotatable bonds is 2. The average molecular weight is 290 g/mol. The van der Waals surface area contributed by atoms with Gasteiger partial charge >= 0.3 is 0 Å². The van der Waals surface area contributed by atoms with Gasteiger partial charge in [-0.2, -0.15) is 0 Å². The lowest BCUT2D eigenvalue weighted by Gasteiger charge is -2.39. The highest BCUT2D eigenvalue weighted by molar-refractivity contribution is 5.88. The van der Waals surface area contributed by atoms with Gasteiger partial charge in [-0.3, -0.25) is 0 Å². The van der Waals surface area contributed by atoms with Gasteiger partial charge < -0.3 is 24.8 Å². The van der Waals surface area contributed by atoms with Gasteiger partial charge in [0.15, 0.2) is 0 Å². The Balaban J connectivity index is 1.88. The van der Waals surface area contributed by atoms with E-state index in [4.69, 9.17) is 9.47 Å². The fourth-order valence-electron chi connectivity index (χ4n) is 2.53. The fourth-order valence-corrected chi connectivity index (χ4v) is 2.53. The standard InChI is InChI=1S/C16H18O5/c1-9-13(17)14(18)15(19)16(20-9)21-12-8-4-6-10-5-2-3-7-11(10)12/h2-9,13-19H,1H3/t9-,13-,14+,15-,16+/m1/s1. The topological polar surface area (TPSA) is 79.2 Å². The monoisotopic (exact) mass is 290 g/mol. The first-order valence-electron chi connectivity index (χ1n) is 6.92. The van der Waals surface area contributed by atoms with Crippen molar-refractivity contribution in [3.63, 3.8) is 0 Å². The summed E-state index contributed by atoms with van der Waals surface area (Å²) in [5.41, 5.74) is 0. The number of ether oxygens (including phenoxy) is 2. The van der Waals surface area contributed by atoms with Gasteiger partial charge in [0.1, 0.15) is 24.1 Å². The van der Waals surface area contributed by atoms with Crippen molar-refractivity contribution in [2.24, 2.45) is 0 Å². The van der Waals surface area contributed by atoms with Crippen LogP contribution in [0.15, 0.2) is 42.5 Å². The number of aliphatic hydroxyl groups is 3. The number of hydrogen-bond donors (Lipinski definition) is 3. The van der Waals surface area contributed by atoms with Gasteiger partial charge in [0, 0.05) is 5.39 Å². The van der Waals surface area contributed by atoms with Crippen LogP contribution in [0.2, 0.25) is 0 Å². The maximum atomic E-state index is 10.00. The lowest BCUT2D eigenvalue weighted by Crippen LogP contribution is -2.58. The van der Waals surface area contributed by atoms with E-state index in [0.29, 0.717) is 5.75 Å². The van der Waals surface area contributed by atoms with Crippen LogP contribution >= 0.6 is 0 Å². The van der Waals surface area contributed by atoms with Gasteiger partial charge in [-0.25, -0.2) is 0 Å². The molecule has 21 heavy (non-hydrogen) atoms. The molecule has 0 aliphatic carbocycles. The van der Waals surface area contributed by atoms with Crippen molar-refractivity contribution >= 4 is 10.8 Å². The van der Waals surface area contributed by atoms with Crippen molar-refractivity contribution in [1.29, 1.82) is 0 Å². The number of hydrogen-bond acceptors (Lipinski definition) is 5. The van der Waals surface area contributed by atoms with Crippen LogP contribution in [-0.4, -0.2) is 46.0 Å². The van der Waals surface area contributed by atoms with E-state index < -0.39 is 30.7 Å². The Hall–Kier alpha value is -1.66. The third-order valence-electron chi connectivity index (χ3n) is 3.80. The summed E-state index contributed by atoms with van der Waals surface area (Å²) < 4.78 is 11.2. The number of benzene rings is 2. The molecule has 5 atom stereocenters. The summed E-state index contributed by atoms with van der Waals surface area (Å²) in [5, 5.41) is 31.4. The Labute approximate surface area is 122 Å². The Morgan fingerprint density at radius 1 is 0.905 bits per heavy atom. The molecule has 0 unspecified atom stereocenters. The molecule has 5 heteroatoms. The van der Waals surface area contributed by atoms with Crippen molar-refractivity contribution in [3.8, 4) is 5.75 Å². The third-order valence-corrected chi connectivity index (χ3v) is 3.80. The smallest absolute Gasteiger partial charge is 0.229 e. The van der Waals surface area contributed by atoms with Gasteiger partial charge in [0.25, 0.3) is 0 Å². The summed E-state index contributed by atoms with van der Waals surface area (Å²) in [4.78, 5) is 0. The van der Waals surface area contributed by atoms with Crippen molar-refractivity contribution in [3.05, 3.63) is 42.5 Å². The van der Waals surface area contributed by atoms with E-state index >= 15 is 0 Å². The summed E-state index contributed by atoms with van der Waals surface area (Å²) in [6.45, 7) is 1.62. The molecule has 1 heterocycles. The molecule has 0 saturated carbocycles. The Bertz CT molecular complexity index is 624. The van der Waals surface area contributed by atoms with Crippen molar-refractivity contribution in [2.75, 3.05) is 0 Å². The molecule has 0 spiro atoms. The Morgan fingerprint density at radius 2 is 1.62 bits per heavy atom. The quantitative estimate of drug-likeness (QED) is 0.770. The largest absolute Gasteiger partial charge is 0.461 e. The van der Waals surface area contributed by atoms with E-state index in [0.717, 1.165) is 10.8 Å². The highest BCUT2D eigenvalue weighted by Gasteiger charge is 2.43. The number of fused-ring (bicyclic) bond motifs is 1. The van der Waals surface area contributed by atoms with Gasteiger partial charge in [0.05, 0.1) is 6.10 Å². The van der Waals surface area contributed by atoms with E-state index in [1.807, 2.05) is 36.4 Å². The van der Waals surface area contributed by atoms with Crippen molar-refractivity contribution < 1.29 is 24.8 Å². The first-order chi connectivity index (χ1) is 10.1. The zero-order chi connectivity index (χ0) is 15.0. The maximum Gasteiger partial charge on any atom is 0.229 e. The van der Waals surface area contributed by atoms with Crippen LogP contribution in [0.4, 0.5) is 0 Å². The molecule has 0 radical (unpaired) electrons. The molecular weight excluding hydrogens is 272 g/mol. The fraction of sp³-hybridized carbons (Fsp3) is 0.375. The van der Waals surface area contributed by atoms with Crippen LogP contribution in [0.5, 0.6) is 5.75 Å². The SMILES string of the molecule is C[C@H]1O[C@@H](Oc2cccc3ccccc23)[C@H](O)[C@@H](O)[C@@H]1O. The van der Waals surface area contributed by atoms with Gasteiger partial charge in [0.2, 0.25) is 6.29 Å². The second-order valence-electron chi connectivity index (χ2n) is 5.28. The highest BCUT2D eigenvalue weighted by atomic mass is 16.7. The zero-order valence-electron chi connectivity index (χ0n) is 11.6. The van der Waals surface area contributed by atoms with Crippen LogP contribution in [0.3, 0.4) is 0 Å². The van der Waals surface area contributed by atoms with Crippen molar-refractivity contribution in [2.45, 2.75) is 37.6 Å². The average Bonchev–Trinajstić information content (AvgIpc) is 2.51. The molecule has 0 bridgehead atoms. The molecule has 1 saturated heterocycles. The molecule has 2 aromatic carbocycles. The van der Waals surface area contributed by atoms with Crippen LogP contribution < -0.4 is 4.74 Å². The second kappa shape index (κ2) is 5.61. The minimum Gasteiger partial charge on any atom is -0.461 e. The second-order valence-corrected chi connectivity index (χ2v) is 5.28. The zero-order valence-corrected chi connectivity index (χ0v) is 11.6. The Kier molecular flexibility index (Phi) is 3.82. The normalized spacial score (nSPS) is 33.0. The predicted octanol–water partition coefficient (Wildman–Crippen LogP) is 1.05. The van der Waals surface area contributed by atoms with Crippen LogP contribution in [-0.2, 0) is 4.74 Å². The van der Waals surface area contributed by atoms with E-state index in [1.165, 1.54) is 0 Å². The first-order valence-corrected chi connectivity index (χ1v) is 6.92. The van der Waals surface area contributed by atoms with Crippen LogP contribution in [0, 0.1) is 0 Å². The minimum atomic E-state index is -1.31. The lowest BCUT2D eigenvalue weighted by molar-refractivity contribution is -0.267. The van der Waals surface area contributed by atoms with E-state index in [9.17, 15) is 15.3 Å². The highest BCUT2D eigenvalue weighted by Crippen LogP contribution is 2.29. The summed E-state index contributed by atoms with van der Waals surface area (Å²) in [5.74, 6) is 0.563. The molecule has 3 N–H and O–H groups in total. The maximum absolute atomic E-state index is 10.00. The van der Waals surface area contributed by atoms with Gasteiger partial charge in [-0.1, -0.05) is 36.4 Å². The minimum absolute atomic E-state index is 0.563.